The number of anilines is 1. The molecule has 2 aromatic carbocycles. The molecule has 0 bridgehead atoms. The van der Waals surface area contributed by atoms with Crippen molar-refractivity contribution in [3.8, 4) is 5.75 Å². The van der Waals surface area contributed by atoms with E-state index in [2.05, 4.69) is 30.8 Å². The van der Waals surface area contributed by atoms with Crippen LogP contribution in [0.2, 0.25) is 5.02 Å². The summed E-state index contributed by atoms with van der Waals surface area (Å²) in [5.74, 6) is 0.885. The lowest BCUT2D eigenvalue weighted by molar-refractivity contribution is -0.890. The molecule has 0 fully saturated rings. The molecule has 0 aromatic heterocycles. The second-order valence-corrected chi connectivity index (χ2v) is 6.50. The highest BCUT2D eigenvalue weighted by molar-refractivity contribution is 7.80. The van der Waals surface area contributed by atoms with Crippen LogP contribution in [0.3, 0.4) is 0 Å². The third-order valence-corrected chi connectivity index (χ3v) is 4.38. The van der Waals surface area contributed by atoms with E-state index < -0.39 is 0 Å². The quantitative estimate of drug-likeness (QED) is 0.689. The molecule has 0 heterocycles. The average molecular weight is 365 g/mol. The molecule has 0 aliphatic rings. The predicted octanol–water partition coefficient (Wildman–Crippen LogP) is 2.52. The number of thiocarbonyl (C=S) groups is 1. The smallest absolute Gasteiger partial charge is 0.171 e. The number of likely N-dealkylation sites (N-methyl/N-ethyl adjacent to an activating group) is 1. The van der Waals surface area contributed by atoms with Crippen molar-refractivity contribution >= 4 is 34.6 Å². The Morgan fingerprint density at radius 3 is 2.50 bits per heavy atom. The highest BCUT2D eigenvalue weighted by Gasteiger charge is 2.21. The summed E-state index contributed by atoms with van der Waals surface area (Å²) in [7, 11) is 5.92. The SMILES string of the molecule is COc1ccccc1[C@@H](CNC(=S)Nc1ccccc1Cl)[NH+](C)C. The molecule has 1 atom stereocenters. The monoisotopic (exact) mass is 364 g/mol. The number of benzene rings is 2. The van der Waals surface area contributed by atoms with Crippen LogP contribution in [-0.4, -0.2) is 32.9 Å². The molecule has 0 saturated heterocycles. The molecule has 0 saturated carbocycles. The number of methoxy groups -OCH3 is 1. The Labute approximate surface area is 153 Å². The Balaban J connectivity index is 2.04. The third-order valence-electron chi connectivity index (χ3n) is 3.80. The summed E-state index contributed by atoms with van der Waals surface area (Å²) in [5, 5.41) is 7.59. The lowest BCUT2D eigenvalue weighted by Crippen LogP contribution is -3.07. The van der Waals surface area contributed by atoms with Gasteiger partial charge in [-0.3, -0.25) is 0 Å². The molecule has 2 rings (SSSR count). The van der Waals surface area contributed by atoms with Gasteiger partial charge in [-0.2, -0.15) is 0 Å². The summed E-state index contributed by atoms with van der Waals surface area (Å²) in [4.78, 5) is 1.28. The first-order valence-corrected chi connectivity index (χ1v) is 8.54. The number of halogens is 1. The minimum atomic E-state index is 0.201. The summed E-state index contributed by atoms with van der Waals surface area (Å²) in [6.45, 7) is 0.680. The van der Waals surface area contributed by atoms with E-state index in [1.165, 1.54) is 4.90 Å². The van der Waals surface area contributed by atoms with Crippen LogP contribution in [0.25, 0.3) is 0 Å². The second kappa shape index (κ2) is 8.87. The van der Waals surface area contributed by atoms with Gasteiger partial charge in [0.25, 0.3) is 0 Å². The van der Waals surface area contributed by atoms with E-state index in [9.17, 15) is 0 Å². The van der Waals surface area contributed by atoms with Crippen molar-refractivity contribution in [3.63, 3.8) is 0 Å². The Hall–Kier alpha value is -1.82. The van der Waals surface area contributed by atoms with Crippen LogP contribution in [0.15, 0.2) is 48.5 Å². The van der Waals surface area contributed by atoms with Crippen LogP contribution in [0.1, 0.15) is 11.6 Å². The van der Waals surface area contributed by atoms with Gasteiger partial charge in [-0.05, 0) is 36.5 Å². The first-order chi connectivity index (χ1) is 11.5. The molecule has 6 heteroatoms. The van der Waals surface area contributed by atoms with Gasteiger partial charge >= 0.3 is 0 Å². The standard InChI is InChI=1S/C18H22ClN3OS/c1-22(2)16(13-8-4-7-11-17(13)23-3)12-20-18(24)21-15-10-6-5-9-14(15)19/h4-11,16H,12H2,1-3H3,(H2,20,21,24)/p+1/t16-/m1/s1. The van der Waals surface area contributed by atoms with E-state index in [1.54, 1.807) is 7.11 Å². The second-order valence-electron chi connectivity index (χ2n) is 5.69. The lowest BCUT2D eigenvalue weighted by atomic mass is 10.0. The van der Waals surface area contributed by atoms with Crippen LogP contribution < -0.4 is 20.3 Å². The van der Waals surface area contributed by atoms with Crippen LogP contribution in [0.5, 0.6) is 5.75 Å². The summed E-state index contributed by atoms with van der Waals surface area (Å²) >= 11 is 11.5. The zero-order valence-corrected chi connectivity index (χ0v) is 15.7. The zero-order chi connectivity index (χ0) is 17.5. The molecule has 128 valence electrons. The first kappa shape index (κ1) is 18.5. The average Bonchev–Trinajstić information content (AvgIpc) is 2.57. The maximum absolute atomic E-state index is 6.15. The van der Waals surface area contributed by atoms with Crippen molar-refractivity contribution < 1.29 is 9.64 Å². The molecule has 4 nitrogen and oxygen atoms in total. The molecule has 0 aliphatic carbocycles. The fraction of sp³-hybridized carbons (Fsp3) is 0.278. The predicted molar refractivity (Wildman–Crippen MR) is 104 cm³/mol. The number of para-hydroxylation sites is 2. The van der Waals surface area contributed by atoms with E-state index in [0.29, 0.717) is 16.7 Å². The minimum absolute atomic E-state index is 0.201. The molecule has 0 radical (unpaired) electrons. The summed E-state index contributed by atoms with van der Waals surface area (Å²) in [5.41, 5.74) is 1.94. The van der Waals surface area contributed by atoms with Crippen molar-refractivity contribution in [2.75, 3.05) is 33.1 Å². The molecule has 2 aromatic rings. The summed E-state index contributed by atoms with van der Waals surface area (Å²) < 4.78 is 5.49. The maximum atomic E-state index is 6.15. The van der Waals surface area contributed by atoms with E-state index in [1.807, 2.05) is 42.5 Å². The molecular weight excluding hydrogens is 342 g/mol. The van der Waals surface area contributed by atoms with Gasteiger partial charge in [0.2, 0.25) is 0 Å². The number of hydrogen-bond acceptors (Lipinski definition) is 2. The normalized spacial score (nSPS) is 11.9. The van der Waals surface area contributed by atoms with Crippen LogP contribution in [-0.2, 0) is 0 Å². The number of quaternary nitrogens is 1. The summed E-state index contributed by atoms with van der Waals surface area (Å²) in [6.07, 6.45) is 0. The highest BCUT2D eigenvalue weighted by atomic mass is 35.5. The minimum Gasteiger partial charge on any atom is -0.496 e. The molecule has 3 N–H and O–H groups in total. The maximum Gasteiger partial charge on any atom is 0.171 e. The Kier molecular flexibility index (Phi) is 6.85. The number of rotatable bonds is 6. The van der Waals surface area contributed by atoms with Gasteiger partial charge in [0.15, 0.2) is 5.11 Å². The van der Waals surface area contributed by atoms with Crippen molar-refractivity contribution in [2.24, 2.45) is 0 Å². The third kappa shape index (κ3) is 4.84. The topological polar surface area (TPSA) is 37.7 Å². The van der Waals surface area contributed by atoms with Crippen molar-refractivity contribution in [3.05, 3.63) is 59.1 Å². The van der Waals surface area contributed by atoms with Gasteiger partial charge < -0.3 is 20.3 Å². The van der Waals surface area contributed by atoms with E-state index in [4.69, 9.17) is 28.6 Å². The van der Waals surface area contributed by atoms with Gasteiger partial charge in [0, 0.05) is 0 Å². The van der Waals surface area contributed by atoms with E-state index in [-0.39, 0.29) is 6.04 Å². The summed E-state index contributed by atoms with van der Waals surface area (Å²) in [6, 6.07) is 15.8. The molecule has 0 unspecified atom stereocenters. The van der Waals surface area contributed by atoms with E-state index in [0.717, 1.165) is 17.0 Å². The van der Waals surface area contributed by atoms with Crippen molar-refractivity contribution in [1.29, 1.82) is 0 Å². The van der Waals surface area contributed by atoms with E-state index >= 15 is 0 Å². The van der Waals surface area contributed by atoms with Gasteiger partial charge in [0.05, 0.1) is 44.0 Å². The number of nitrogens with one attached hydrogen (secondary N) is 3. The van der Waals surface area contributed by atoms with Crippen molar-refractivity contribution in [2.45, 2.75) is 6.04 Å². The van der Waals surface area contributed by atoms with Gasteiger partial charge in [0.1, 0.15) is 11.8 Å². The van der Waals surface area contributed by atoms with Crippen LogP contribution in [0.4, 0.5) is 5.69 Å². The van der Waals surface area contributed by atoms with Crippen molar-refractivity contribution in [1.82, 2.24) is 5.32 Å². The molecule has 24 heavy (non-hydrogen) atoms. The first-order valence-electron chi connectivity index (χ1n) is 7.75. The number of ether oxygens (including phenoxy) is 1. The fourth-order valence-electron chi connectivity index (χ4n) is 2.50. The van der Waals surface area contributed by atoms with Gasteiger partial charge in [-0.15, -0.1) is 0 Å². The van der Waals surface area contributed by atoms with Crippen LogP contribution >= 0.6 is 23.8 Å². The fourth-order valence-corrected chi connectivity index (χ4v) is 2.88. The Bertz CT molecular complexity index is 693. The molecule has 0 spiro atoms. The highest BCUT2D eigenvalue weighted by Crippen LogP contribution is 2.23. The lowest BCUT2D eigenvalue weighted by Gasteiger charge is -2.24. The molecule has 0 aliphatic heterocycles. The Morgan fingerprint density at radius 1 is 1.17 bits per heavy atom. The van der Waals surface area contributed by atoms with Gasteiger partial charge in [-0.1, -0.05) is 35.9 Å². The Morgan fingerprint density at radius 2 is 1.83 bits per heavy atom. The molecular formula is C18H23ClN3OS+. The number of hydrogen-bond donors (Lipinski definition) is 3. The largest absolute Gasteiger partial charge is 0.496 e. The van der Waals surface area contributed by atoms with Crippen LogP contribution in [0, 0.1) is 0 Å². The zero-order valence-electron chi connectivity index (χ0n) is 14.1. The molecule has 0 amide bonds. The van der Waals surface area contributed by atoms with Gasteiger partial charge in [-0.25, -0.2) is 0 Å².